The molecule has 0 aromatic rings. The van der Waals surface area contributed by atoms with Crippen LogP contribution in [0.5, 0.6) is 0 Å². The van der Waals surface area contributed by atoms with Crippen LogP contribution in [-0.4, -0.2) is 71.0 Å². The van der Waals surface area contributed by atoms with Crippen LogP contribution < -0.4 is 10.0 Å². The molecule has 9 heteroatoms. The monoisotopic (exact) mass is 530 g/mol. The molecule has 2 N–H and O–H groups in total. The lowest BCUT2D eigenvalue weighted by molar-refractivity contribution is 0.0200. The van der Waals surface area contributed by atoms with Crippen LogP contribution in [0.25, 0.3) is 0 Å². The summed E-state index contributed by atoms with van der Waals surface area (Å²) in [6.45, 7) is 8.72. The highest BCUT2D eigenvalue weighted by Crippen LogP contribution is 2.11. The third-order valence-corrected chi connectivity index (χ3v) is 5.85. The van der Waals surface area contributed by atoms with Crippen molar-refractivity contribution in [2.45, 2.75) is 58.0 Å². The van der Waals surface area contributed by atoms with E-state index in [1.807, 2.05) is 20.0 Å². The van der Waals surface area contributed by atoms with Gasteiger partial charge in [-0.1, -0.05) is 12.5 Å². The van der Waals surface area contributed by atoms with E-state index in [1.54, 1.807) is 0 Å². The Balaban J connectivity index is 0.00000729. The first-order valence-electron chi connectivity index (χ1n) is 10.2. The Morgan fingerprint density at radius 3 is 2.75 bits per heavy atom. The molecule has 0 aromatic carbocycles. The molecular weight excluding hydrogens is 491 g/mol. The maximum atomic E-state index is 12.2. The number of unbranched alkanes of at least 4 members (excludes halogenated alkanes) is 3. The van der Waals surface area contributed by atoms with E-state index in [2.05, 4.69) is 26.5 Å². The summed E-state index contributed by atoms with van der Waals surface area (Å²) >= 11 is 0. The lowest BCUT2D eigenvalue weighted by atomic mass is 10.1. The third kappa shape index (κ3) is 12.9. The van der Waals surface area contributed by atoms with Gasteiger partial charge in [-0.05, 0) is 45.4 Å². The number of hydrogen-bond acceptors (Lipinski definition) is 4. The molecule has 0 spiro atoms. The van der Waals surface area contributed by atoms with Crippen LogP contribution in [0.3, 0.4) is 0 Å². The number of sulfonamides is 1. The summed E-state index contributed by atoms with van der Waals surface area (Å²) in [4.78, 5) is 6.54. The van der Waals surface area contributed by atoms with Gasteiger partial charge in [-0.25, -0.2) is 13.1 Å². The van der Waals surface area contributed by atoms with Gasteiger partial charge >= 0.3 is 0 Å². The highest BCUT2D eigenvalue weighted by Gasteiger charge is 2.17. The van der Waals surface area contributed by atoms with Gasteiger partial charge in [0.1, 0.15) is 0 Å². The largest absolute Gasteiger partial charge is 0.377 e. The van der Waals surface area contributed by atoms with Crippen molar-refractivity contribution >= 4 is 40.0 Å². The molecule has 1 fully saturated rings. The van der Waals surface area contributed by atoms with Crippen LogP contribution in [0.15, 0.2) is 17.6 Å². The second kappa shape index (κ2) is 16.4. The summed E-state index contributed by atoms with van der Waals surface area (Å²) in [5.41, 5.74) is 0. The quantitative estimate of drug-likeness (QED) is 0.126. The molecule has 7 nitrogen and oxygen atoms in total. The molecule has 0 saturated carbocycles. The van der Waals surface area contributed by atoms with Crippen molar-refractivity contribution < 1.29 is 13.2 Å². The fourth-order valence-corrected chi connectivity index (χ4v) is 3.84. The first-order valence-corrected chi connectivity index (χ1v) is 11.8. The molecule has 166 valence electrons. The zero-order valence-corrected chi connectivity index (χ0v) is 20.6. The van der Waals surface area contributed by atoms with E-state index >= 15 is 0 Å². The van der Waals surface area contributed by atoms with Gasteiger partial charge in [-0.2, -0.15) is 0 Å². The molecule has 0 amide bonds. The molecule has 0 aliphatic carbocycles. The van der Waals surface area contributed by atoms with E-state index in [0.29, 0.717) is 6.54 Å². The number of nitrogens with one attached hydrogen (secondary N) is 2. The molecular formula is C19H39IN4O3S. The van der Waals surface area contributed by atoms with Crippen molar-refractivity contribution in [1.82, 2.24) is 14.9 Å². The summed E-state index contributed by atoms with van der Waals surface area (Å²) in [5, 5.41) is 3.23. The molecule has 28 heavy (non-hydrogen) atoms. The summed E-state index contributed by atoms with van der Waals surface area (Å²) in [6.07, 6.45) is 9.46. The fraction of sp³-hybridized carbons (Fsp3) is 0.842. The Labute approximate surface area is 188 Å². The molecule has 1 aliphatic rings. The summed E-state index contributed by atoms with van der Waals surface area (Å²) in [5.74, 6) is 0.744. The Morgan fingerprint density at radius 2 is 2.11 bits per heavy atom. The first-order chi connectivity index (χ1) is 13.0. The number of allylic oxidation sites excluding steroid dienone is 1. The molecule has 1 rings (SSSR count). The minimum Gasteiger partial charge on any atom is -0.377 e. The number of hydrogen-bond donors (Lipinski definition) is 2. The van der Waals surface area contributed by atoms with E-state index in [1.165, 1.54) is 0 Å². The van der Waals surface area contributed by atoms with Gasteiger partial charge in [0.05, 0.1) is 18.4 Å². The minimum atomic E-state index is -3.34. The van der Waals surface area contributed by atoms with E-state index < -0.39 is 10.0 Å². The van der Waals surface area contributed by atoms with Crippen molar-refractivity contribution in [1.29, 1.82) is 0 Å². The predicted octanol–water partition coefficient (Wildman–Crippen LogP) is 2.74. The normalized spacial score (nSPS) is 17.6. The highest BCUT2D eigenvalue weighted by atomic mass is 127. The van der Waals surface area contributed by atoms with Gasteiger partial charge in [-0.3, -0.25) is 4.99 Å². The Morgan fingerprint density at radius 1 is 1.32 bits per heavy atom. The average molecular weight is 531 g/mol. The minimum absolute atomic E-state index is 0. The molecule has 1 atom stereocenters. The van der Waals surface area contributed by atoms with Crippen molar-refractivity contribution in [3.8, 4) is 0 Å². The molecule has 0 aromatic heterocycles. The SMILES string of the molecule is C=CCCCCCN(C)C(=NCCS(=O)(=O)NCC1CCCCO1)NCC.I. The van der Waals surface area contributed by atoms with Crippen LogP contribution >= 0.6 is 24.0 Å². The number of halogens is 1. The number of aliphatic imine (C=N–C) groups is 1. The van der Waals surface area contributed by atoms with Crippen LogP contribution in [0.2, 0.25) is 0 Å². The lowest BCUT2D eigenvalue weighted by Crippen LogP contribution is -2.40. The number of nitrogens with zero attached hydrogens (tertiary/aromatic N) is 2. The van der Waals surface area contributed by atoms with Crippen LogP contribution in [0, 0.1) is 0 Å². The fourth-order valence-electron chi connectivity index (χ4n) is 2.92. The smallest absolute Gasteiger partial charge is 0.213 e. The zero-order valence-electron chi connectivity index (χ0n) is 17.5. The summed E-state index contributed by atoms with van der Waals surface area (Å²) < 4.78 is 32.6. The maximum absolute atomic E-state index is 12.2. The standard InChI is InChI=1S/C19H38N4O3S.HI/c1-4-6-7-8-10-14-23(3)19(20-5-2)21-13-16-27(24,25)22-17-18-12-9-11-15-26-18;/h4,18,22H,1,5-17H2,2-3H3,(H,20,21);1H. The van der Waals surface area contributed by atoms with Crippen LogP contribution in [-0.2, 0) is 14.8 Å². The molecule has 1 aliphatic heterocycles. The lowest BCUT2D eigenvalue weighted by Gasteiger charge is -2.23. The van der Waals surface area contributed by atoms with Gasteiger partial charge in [0, 0.05) is 33.3 Å². The second-order valence-corrected chi connectivity index (χ2v) is 8.88. The van der Waals surface area contributed by atoms with E-state index in [9.17, 15) is 8.42 Å². The Kier molecular flexibility index (Phi) is 16.2. The van der Waals surface area contributed by atoms with E-state index in [4.69, 9.17) is 4.74 Å². The molecule has 0 radical (unpaired) electrons. The average Bonchev–Trinajstić information content (AvgIpc) is 2.66. The van der Waals surface area contributed by atoms with Crippen molar-refractivity contribution in [3.63, 3.8) is 0 Å². The van der Waals surface area contributed by atoms with Crippen LogP contribution in [0.4, 0.5) is 0 Å². The Hall–Kier alpha value is -0.390. The summed E-state index contributed by atoms with van der Waals surface area (Å²) in [7, 11) is -1.35. The Bertz CT molecular complexity index is 537. The zero-order chi connectivity index (χ0) is 20.0. The number of rotatable bonds is 13. The molecule has 0 bridgehead atoms. The molecule has 1 saturated heterocycles. The maximum Gasteiger partial charge on any atom is 0.213 e. The van der Waals surface area contributed by atoms with Crippen molar-refractivity contribution in [2.75, 3.05) is 45.6 Å². The highest BCUT2D eigenvalue weighted by molar-refractivity contribution is 14.0. The first kappa shape index (κ1) is 27.6. The predicted molar refractivity (Wildman–Crippen MR) is 128 cm³/mol. The van der Waals surface area contributed by atoms with E-state index in [-0.39, 0.29) is 42.4 Å². The molecule has 1 heterocycles. The van der Waals surface area contributed by atoms with E-state index in [0.717, 1.165) is 70.6 Å². The van der Waals surface area contributed by atoms with Crippen LogP contribution in [0.1, 0.15) is 51.9 Å². The third-order valence-electron chi connectivity index (χ3n) is 4.52. The topological polar surface area (TPSA) is 83.0 Å². The van der Waals surface area contributed by atoms with Gasteiger partial charge in [0.2, 0.25) is 10.0 Å². The van der Waals surface area contributed by atoms with Crippen molar-refractivity contribution in [3.05, 3.63) is 12.7 Å². The molecule has 1 unspecified atom stereocenters. The summed E-state index contributed by atoms with van der Waals surface area (Å²) in [6, 6.07) is 0. The van der Waals surface area contributed by atoms with Gasteiger partial charge in [0.25, 0.3) is 0 Å². The van der Waals surface area contributed by atoms with Gasteiger partial charge < -0.3 is 15.0 Å². The van der Waals surface area contributed by atoms with Gasteiger partial charge in [-0.15, -0.1) is 30.6 Å². The second-order valence-electron chi connectivity index (χ2n) is 6.95. The number of guanidine groups is 1. The van der Waals surface area contributed by atoms with Gasteiger partial charge in [0.15, 0.2) is 5.96 Å². The van der Waals surface area contributed by atoms with Crippen molar-refractivity contribution in [2.24, 2.45) is 4.99 Å². The number of ether oxygens (including phenoxy) is 1.